The van der Waals surface area contributed by atoms with Gasteiger partial charge in [-0.15, -0.1) is 0 Å². The Morgan fingerprint density at radius 1 is 0.885 bits per heavy atom. The Balaban J connectivity index is 1.82. The number of hydrogen-bond acceptors (Lipinski definition) is 4. The number of fused-ring (bicyclic) bond motifs is 1. The zero-order valence-electron chi connectivity index (χ0n) is 13.8. The summed E-state index contributed by atoms with van der Waals surface area (Å²) >= 11 is 0. The predicted molar refractivity (Wildman–Crippen MR) is 91.8 cm³/mol. The lowest BCUT2D eigenvalue weighted by Crippen LogP contribution is -2.37. The highest BCUT2D eigenvalue weighted by molar-refractivity contribution is 5.46. The third-order valence-electron chi connectivity index (χ3n) is 4.25. The summed E-state index contributed by atoms with van der Waals surface area (Å²) in [6.07, 6.45) is 2.34. The monoisotopic (exact) mass is 354 g/mol. The summed E-state index contributed by atoms with van der Waals surface area (Å²) in [7, 11) is 0. The molecule has 0 radical (unpaired) electrons. The molecule has 4 nitrogen and oxygen atoms in total. The fourth-order valence-corrected chi connectivity index (χ4v) is 2.98. The molecule has 0 amide bonds. The number of nitrogens with zero attached hydrogens (tertiary/aromatic N) is 1. The van der Waals surface area contributed by atoms with Crippen LogP contribution in [0.3, 0.4) is 0 Å². The molecule has 0 aliphatic carbocycles. The standard InChI is InChI=1S/C20H16F2N2O2/c21-16-5-1-14(2-6-16)20(15-3-7-17(22)8-4-15)25-18-11-13(9-10-23)12-24-19(18)26-20/h1-8,11-12H,9-10,23H2. The van der Waals surface area contributed by atoms with Crippen molar-refractivity contribution in [3.63, 3.8) is 0 Å². The summed E-state index contributed by atoms with van der Waals surface area (Å²) in [5, 5.41) is 0. The zero-order valence-corrected chi connectivity index (χ0v) is 13.8. The van der Waals surface area contributed by atoms with Gasteiger partial charge in [0.2, 0.25) is 0 Å². The third kappa shape index (κ3) is 2.78. The first-order valence-electron chi connectivity index (χ1n) is 8.20. The van der Waals surface area contributed by atoms with E-state index in [1.807, 2.05) is 6.07 Å². The van der Waals surface area contributed by atoms with Crippen LogP contribution in [0.5, 0.6) is 11.6 Å². The predicted octanol–water partition coefficient (Wildman–Crippen LogP) is 3.53. The second-order valence-corrected chi connectivity index (χ2v) is 6.02. The number of benzene rings is 2. The number of halogens is 2. The summed E-state index contributed by atoms with van der Waals surface area (Å²) in [6, 6.07) is 13.4. The van der Waals surface area contributed by atoms with Gasteiger partial charge in [-0.2, -0.15) is 0 Å². The topological polar surface area (TPSA) is 57.4 Å². The van der Waals surface area contributed by atoms with Crippen LogP contribution in [-0.4, -0.2) is 11.5 Å². The quantitative estimate of drug-likeness (QED) is 0.779. The molecule has 0 bridgehead atoms. The third-order valence-corrected chi connectivity index (χ3v) is 4.25. The molecule has 2 heterocycles. The molecule has 132 valence electrons. The molecule has 0 unspecified atom stereocenters. The Hall–Kier alpha value is -2.99. The Labute approximate surface area is 149 Å². The molecular weight excluding hydrogens is 338 g/mol. The zero-order chi connectivity index (χ0) is 18.1. The normalized spacial score (nSPS) is 14.4. The number of ether oxygens (including phenoxy) is 2. The lowest BCUT2D eigenvalue weighted by atomic mass is 9.97. The molecule has 0 atom stereocenters. The van der Waals surface area contributed by atoms with Crippen molar-refractivity contribution in [2.75, 3.05) is 6.54 Å². The highest BCUT2D eigenvalue weighted by Crippen LogP contribution is 2.46. The van der Waals surface area contributed by atoms with Crippen molar-refractivity contribution in [3.8, 4) is 11.6 Å². The van der Waals surface area contributed by atoms with Crippen LogP contribution in [0.15, 0.2) is 60.8 Å². The lowest BCUT2D eigenvalue weighted by molar-refractivity contribution is -0.0477. The lowest BCUT2D eigenvalue weighted by Gasteiger charge is -2.28. The maximum atomic E-state index is 13.4. The minimum absolute atomic E-state index is 0.319. The van der Waals surface area contributed by atoms with E-state index in [-0.39, 0.29) is 11.6 Å². The number of nitrogens with two attached hydrogens (primary N) is 1. The highest BCUT2D eigenvalue weighted by atomic mass is 19.1. The first-order chi connectivity index (χ1) is 12.6. The molecule has 2 N–H and O–H groups in total. The molecule has 1 aromatic heterocycles. The van der Waals surface area contributed by atoms with Gasteiger partial charge in [0.15, 0.2) is 5.75 Å². The second kappa shape index (κ2) is 6.38. The Morgan fingerprint density at radius 2 is 1.46 bits per heavy atom. The maximum absolute atomic E-state index is 13.4. The number of hydrogen-bond donors (Lipinski definition) is 1. The number of rotatable bonds is 4. The van der Waals surface area contributed by atoms with Crippen molar-refractivity contribution >= 4 is 0 Å². The SMILES string of the molecule is NCCc1cnc2c(c1)OC(c1ccc(F)cc1)(c1ccc(F)cc1)O2. The largest absolute Gasteiger partial charge is 0.438 e. The van der Waals surface area contributed by atoms with Crippen LogP contribution in [0.2, 0.25) is 0 Å². The van der Waals surface area contributed by atoms with Gasteiger partial charge in [-0.05, 0) is 73.1 Å². The molecule has 1 aliphatic heterocycles. The van der Waals surface area contributed by atoms with E-state index in [2.05, 4.69) is 4.98 Å². The molecule has 26 heavy (non-hydrogen) atoms. The summed E-state index contributed by atoms with van der Waals surface area (Å²) < 4.78 is 39.0. The van der Waals surface area contributed by atoms with Crippen molar-refractivity contribution in [2.24, 2.45) is 5.73 Å². The van der Waals surface area contributed by atoms with Crippen LogP contribution < -0.4 is 15.2 Å². The van der Waals surface area contributed by atoms with Gasteiger partial charge in [0.05, 0.1) is 0 Å². The van der Waals surface area contributed by atoms with Crippen molar-refractivity contribution in [1.29, 1.82) is 0 Å². The highest BCUT2D eigenvalue weighted by Gasteiger charge is 2.46. The number of aromatic nitrogens is 1. The van der Waals surface area contributed by atoms with Crippen molar-refractivity contribution in [2.45, 2.75) is 12.2 Å². The Bertz CT molecular complexity index is 882. The van der Waals surface area contributed by atoms with Crippen LogP contribution in [0, 0.1) is 11.6 Å². The summed E-state index contributed by atoms with van der Waals surface area (Å²) in [5.74, 6) is -1.33. The summed E-state index contributed by atoms with van der Waals surface area (Å²) in [4.78, 5) is 4.31. The molecule has 4 rings (SSSR count). The van der Waals surface area contributed by atoms with Gasteiger partial charge in [0, 0.05) is 17.3 Å². The van der Waals surface area contributed by atoms with Crippen LogP contribution in [0.25, 0.3) is 0 Å². The van der Waals surface area contributed by atoms with Crippen molar-refractivity contribution in [1.82, 2.24) is 4.98 Å². The van der Waals surface area contributed by atoms with Crippen molar-refractivity contribution < 1.29 is 18.3 Å². The van der Waals surface area contributed by atoms with Crippen LogP contribution in [-0.2, 0) is 12.2 Å². The van der Waals surface area contributed by atoms with E-state index in [4.69, 9.17) is 15.2 Å². The van der Waals surface area contributed by atoms with Gasteiger partial charge in [0.25, 0.3) is 5.88 Å². The van der Waals surface area contributed by atoms with Crippen LogP contribution >= 0.6 is 0 Å². The van der Waals surface area contributed by atoms with Crippen LogP contribution in [0.4, 0.5) is 8.78 Å². The molecule has 0 fully saturated rings. The van der Waals surface area contributed by atoms with E-state index in [0.29, 0.717) is 35.7 Å². The molecule has 0 saturated carbocycles. The minimum atomic E-state index is -1.36. The Kier molecular flexibility index (Phi) is 4.05. The maximum Gasteiger partial charge on any atom is 0.307 e. The van der Waals surface area contributed by atoms with Gasteiger partial charge < -0.3 is 15.2 Å². The van der Waals surface area contributed by atoms with E-state index >= 15 is 0 Å². The van der Waals surface area contributed by atoms with E-state index in [1.54, 1.807) is 30.5 Å². The molecule has 1 aliphatic rings. The van der Waals surface area contributed by atoms with Gasteiger partial charge >= 0.3 is 5.79 Å². The Morgan fingerprint density at radius 3 is 2.00 bits per heavy atom. The smallest absolute Gasteiger partial charge is 0.307 e. The van der Waals surface area contributed by atoms with Gasteiger partial charge in [-0.3, -0.25) is 0 Å². The first kappa shape index (κ1) is 16.5. The molecule has 2 aromatic carbocycles. The average molecular weight is 354 g/mol. The van der Waals surface area contributed by atoms with E-state index in [1.165, 1.54) is 24.3 Å². The minimum Gasteiger partial charge on any atom is -0.438 e. The molecule has 0 saturated heterocycles. The average Bonchev–Trinajstić information content (AvgIpc) is 3.03. The van der Waals surface area contributed by atoms with Crippen LogP contribution in [0.1, 0.15) is 16.7 Å². The molecular formula is C20H16F2N2O2. The molecule has 3 aromatic rings. The van der Waals surface area contributed by atoms with Gasteiger partial charge in [-0.1, -0.05) is 0 Å². The first-order valence-corrected chi connectivity index (χ1v) is 8.20. The molecule has 0 spiro atoms. The van der Waals surface area contributed by atoms with E-state index in [9.17, 15) is 8.78 Å². The fraction of sp³-hybridized carbons (Fsp3) is 0.150. The summed E-state index contributed by atoms with van der Waals surface area (Å²) in [6.45, 7) is 0.488. The summed E-state index contributed by atoms with van der Waals surface area (Å²) in [5.41, 5.74) is 7.66. The van der Waals surface area contributed by atoms with Gasteiger partial charge in [-0.25, -0.2) is 13.8 Å². The van der Waals surface area contributed by atoms with E-state index < -0.39 is 5.79 Å². The second-order valence-electron chi connectivity index (χ2n) is 6.02. The fourth-order valence-electron chi connectivity index (χ4n) is 2.98. The van der Waals surface area contributed by atoms with Crippen molar-refractivity contribution in [3.05, 3.63) is 89.1 Å². The molecule has 6 heteroatoms. The van der Waals surface area contributed by atoms with Gasteiger partial charge in [0.1, 0.15) is 11.6 Å². The number of pyridine rings is 1. The van der Waals surface area contributed by atoms with E-state index in [0.717, 1.165) is 5.56 Å².